The molecule has 4 unspecified atom stereocenters. The predicted octanol–water partition coefficient (Wildman–Crippen LogP) is 4.53. The minimum absolute atomic E-state index is 0.208. The number of urea groups is 1. The van der Waals surface area contributed by atoms with Crippen LogP contribution >= 0.6 is 0 Å². The second kappa shape index (κ2) is 11.0. The maximum Gasteiger partial charge on any atom is 0.323 e. The lowest BCUT2D eigenvalue weighted by Crippen LogP contribution is -2.44. The van der Waals surface area contributed by atoms with E-state index >= 15 is 0 Å². The molecule has 10 heteroatoms. The van der Waals surface area contributed by atoms with Gasteiger partial charge in [-0.05, 0) is 75.3 Å². The largest absolute Gasteiger partial charge is 0.374 e. The quantitative estimate of drug-likeness (QED) is 0.430. The highest BCUT2D eigenvalue weighted by Crippen LogP contribution is 2.40. The molecule has 0 saturated carbocycles. The zero-order valence-electron chi connectivity index (χ0n) is 24.1. The average molecular weight is 568 g/mol. The molecule has 7 rings (SSSR count). The monoisotopic (exact) mass is 567 g/mol. The van der Waals surface area contributed by atoms with Crippen LogP contribution in [0.1, 0.15) is 37.7 Å². The Hall–Kier alpha value is -4.02. The van der Waals surface area contributed by atoms with Crippen LogP contribution in [-0.2, 0) is 16.1 Å². The first-order valence-electron chi connectivity index (χ1n) is 14.9. The number of rotatable bonds is 7. The second-order valence-corrected chi connectivity index (χ2v) is 12.2. The van der Waals surface area contributed by atoms with E-state index in [0.717, 1.165) is 61.8 Å². The van der Waals surface area contributed by atoms with Crippen molar-refractivity contribution in [3.05, 3.63) is 60.2 Å². The number of nitrogens with zero attached hydrogens (tertiary/aromatic N) is 5. The molecule has 4 bridgehead atoms. The number of piperidine rings is 1. The molecule has 0 aliphatic carbocycles. The molecule has 0 radical (unpaired) electrons. The van der Waals surface area contributed by atoms with Gasteiger partial charge in [0.2, 0.25) is 0 Å². The zero-order valence-corrected chi connectivity index (χ0v) is 24.1. The molecular formula is C32H37N7O3. The van der Waals surface area contributed by atoms with Gasteiger partial charge in [0.05, 0.1) is 18.8 Å². The van der Waals surface area contributed by atoms with Gasteiger partial charge in [-0.1, -0.05) is 12.1 Å². The highest BCUT2D eigenvalue weighted by Gasteiger charge is 2.43. The third-order valence-electron chi connectivity index (χ3n) is 8.82. The molecule has 4 fully saturated rings. The van der Waals surface area contributed by atoms with Gasteiger partial charge in [-0.25, -0.2) is 14.8 Å². The summed E-state index contributed by atoms with van der Waals surface area (Å²) in [5.74, 6) is 2.82. The molecule has 3 aromatic rings. The molecule has 4 saturated heterocycles. The predicted molar refractivity (Wildman–Crippen MR) is 163 cm³/mol. The standard InChI is InChI=1S/C32H37N7O3/c1-37(2)17-20-3-7-22(8-4-20)33-32(41)34-23-9-5-21(6-10-23)31-35-29(38-18-28-15-26(38)19-42-28)16-30(36-31)39-24-11-12-25(39)14-27(40)13-24/h3-10,16,24-26,28H,11-15,17-19H2,1-2H3,(H2,33,34,41). The van der Waals surface area contributed by atoms with E-state index < -0.39 is 0 Å². The number of amides is 2. The van der Waals surface area contributed by atoms with E-state index in [0.29, 0.717) is 36.2 Å². The van der Waals surface area contributed by atoms with Crippen LogP contribution in [0.2, 0.25) is 0 Å². The number of hydrogen-bond donors (Lipinski definition) is 2. The highest BCUT2D eigenvalue weighted by atomic mass is 16.5. The first kappa shape index (κ1) is 26.9. The van der Waals surface area contributed by atoms with Crippen molar-refractivity contribution in [1.29, 1.82) is 0 Å². The molecule has 2 amide bonds. The minimum Gasteiger partial charge on any atom is -0.374 e. The van der Waals surface area contributed by atoms with E-state index in [1.807, 2.05) is 62.6 Å². The van der Waals surface area contributed by atoms with Crippen LogP contribution in [-0.4, -0.2) is 78.2 Å². The Labute approximate surface area is 246 Å². The van der Waals surface area contributed by atoms with Crippen molar-refractivity contribution in [2.45, 2.75) is 62.9 Å². The van der Waals surface area contributed by atoms with Crippen molar-refractivity contribution in [3.8, 4) is 11.4 Å². The van der Waals surface area contributed by atoms with Crippen molar-refractivity contribution in [1.82, 2.24) is 14.9 Å². The van der Waals surface area contributed by atoms with Gasteiger partial charge in [-0.3, -0.25) is 4.79 Å². The fraction of sp³-hybridized carbons (Fsp3) is 0.438. The van der Waals surface area contributed by atoms with Crippen molar-refractivity contribution >= 4 is 34.8 Å². The van der Waals surface area contributed by atoms with Crippen molar-refractivity contribution in [3.63, 3.8) is 0 Å². The average Bonchev–Trinajstić information content (AvgIpc) is 3.68. The third kappa shape index (κ3) is 5.44. The van der Waals surface area contributed by atoms with E-state index in [9.17, 15) is 9.59 Å². The molecule has 1 aromatic heterocycles. The summed E-state index contributed by atoms with van der Waals surface area (Å²) in [6.45, 7) is 2.41. The summed E-state index contributed by atoms with van der Waals surface area (Å²) in [7, 11) is 4.06. The SMILES string of the molecule is CN(C)Cc1ccc(NC(=O)Nc2ccc(-c3nc(N4CC5CC4CO5)cc(N4C5CCC4CC(=O)C5)n3)cc2)cc1. The second-order valence-electron chi connectivity index (χ2n) is 12.2. The van der Waals surface area contributed by atoms with E-state index in [1.165, 1.54) is 5.56 Å². The molecule has 0 spiro atoms. The molecule has 4 atom stereocenters. The van der Waals surface area contributed by atoms with Gasteiger partial charge < -0.3 is 30.1 Å². The third-order valence-corrected chi connectivity index (χ3v) is 8.82. The Balaban J connectivity index is 1.10. The van der Waals surface area contributed by atoms with Crippen LogP contribution in [0.5, 0.6) is 0 Å². The molecule has 5 heterocycles. The van der Waals surface area contributed by atoms with Crippen molar-refractivity contribution in [2.24, 2.45) is 0 Å². The number of anilines is 4. The van der Waals surface area contributed by atoms with Gasteiger partial charge in [0.25, 0.3) is 0 Å². The van der Waals surface area contributed by atoms with Crippen LogP contribution in [0, 0.1) is 0 Å². The first-order chi connectivity index (χ1) is 20.4. The number of carbonyl (C=O) groups excluding carboxylic acids is 2. The smallest absolute Gasteiger partial charge is 0.323 e. The number of nitrogens with one attached hydrogen (secondary N) is 2. The van der Waals surface area contributed by atoms with Crippen LogP contribution in [0.4, 0.5) is 27.8 Å². The molecular weight excluding hydrogens is 530 g/mol. The normalized spacial score (nSPS) is 24.5. The van der Waals surface area contributed by atoms with E-state index in [4.69, 9.17) is 14.7 Å². The summed E-state index contributed by atoms with van der Waals surface area (Å²) in [5.41, 5.74) is 3.47. The highest BCUT2D eigenvalue weighted by molar-refractivity contribution is 5.99. The zero-order chi connectivity index (χ0) is 28.8. The maximum atomic E-state index is 12.7. The maximum absolute atomic E-state index is 12.7. The van der Waals surface area contributed by atoms with Crippen LogP contribution in [0.25, 0.3) is 11.4 Å². The number of benzene rings is 2. The molecule has 2 aromatic carbocycles. The van der Waals surface area contributed by atoms with Gasteiger partial charge in [0, 0.05) is 61.0 Å². The van der Waals surface area contributed by atoms with E-state index in [1.54, 1.807) is 0 Å². The number of carbonyl (C=O) groups is 2. The lowest BCUT2D eigenvalue weighted by molar-refractivity contribution is -0.120. The molecule has 42 heavy (non-hydrogen) atoms. The molecule has 218 valence electrons. The van der Waals surface area contributed by atoms with Crippen LogP contribution < -0.4 is 20.4 Å². The number of ether oxygens (including phenoxy) is 1. The Morgan fingerprint density at radius 1 is 0.929 bits per heavy atom. The number of aromatic nitrogens is 2. The minimum atomic E-state index is -0.301. The Bertz CT molecular complexity index is 1460. The molecule has 4 aliphatic heterocycles. The summed E-state index contributed by atoms with van der Waals surface area (Å²) in [6.07, 6.45) is 4.52. The van der Waals surface area contributed by atoms with Crippen molar-refractivity contribution in [2.75, 3.05) is 47.7 Å². The van der Waals surface area contributed by atoms with Crippen LogP contribution in [0.3, 0.4) is 0 Å². The van der Waals surface area contributed by atoms with Crippen LogP contribution in [0.15, 0.2) is 54.6 Å². The summed E-state index contributed by atoms with van der Waals surface area (Å²) < 4.78 is 5.85. The topological polar surface area (TPSA) is 103 Å². The number of fused-ring (bicyclic) bond motifs is 4. The number of morpholine rings is 1. The van der Waals surface area contributed by atoms with Gasteiger partial charge in [0.15, 0.2) is 5.82 Å². The summed E-state index contributed by atoms with van der Waals surface area (Å²) in [4.78, 5) is 41.8. The van der Waals surface area contributed by atoms with Gasteiger partial charge in [-0.2, -0.15) is 0 Å². The molecule has 2 N–H and O–H groups in total. The lowest BCUT2D eigenvalue weighted by atomic mass is 10.0. The Morgan fingerprint density at radius 2 is 1.57 bits per heavy atom. The van der Waals surface area contributed by atoms with Gasteiger partial charge in [0.1, 0.15) is 17.4 Å². The number of Topliss-reactive ketones (excluding diaryl/α,β-unsaturated/α-hetero) is 1. The Morgan fingerprint density at radius 3 is 2.17 bits per heavy atom. The Kier molecular flexibility index (Phi) is 7.03. The fourth-order valence-corrected chi connectivity index (χ4v) is 6.91. The summed E-state index contributed by atoms with van der Waals surface area (Å²) >= 11 is 0. The van der Waals surface area contributed by atoms with Crippen molar-refractivity contribution < 1.29 is 14.3 Å². The molecule has 4 aliphatic rings. The van der Waals surface area contributed by atoms with Gasteiger partial charge >= 0.3 is 6.03 Å². The lowest BCUT2D eigenvalue weighted by Gasteiger charge is -2.36. The fourth-order valence-electron chi connectivity index (χ4n) is 6.91. The van der Waals surface area contributed by atoms with E-state index in [2.05, 4.69) is 31.4 Å². The van der Waals surface area contributed by atoms with Gasteiger partial charge in [-0.15, -0.1) is 0 Å². The summed E-state index contributed by atoms with van der Waals surface area (Å²) in [6, 6.07) is 18.0. The number of hydrogen-bond acceptors (Lipinski definition) is 8. The number of ketones is 1. The first-order valence-corrected chi connectivity index (χ1v) is 14.9. The molecule has 10 nitrogen and oxygen atoms in total. The summed E-state index contributed by atoms with van der Waals surface area (Å²) in [5, 5.41) is 5.81. The van der Waals surface area contributed by atoms with E-state index in [-0.39, 0.29) is 24.2 Å².